The average Bonchev–Trinajstić information content (AvgIpc) is 2.25. The molecule has 0 aliphatic heterocycles. The molecule has 0 radical (unpaired) electrons. The smallest absolute Gasteiger partial charge is 0.108 e. The molecule has 0 saturated heterocycles. The number of ether oxygens (including phenoxy) is 1. The van der Waals surface area contributed by atoms with Crippen LogP contribution in [0.1, 0.15) is 22.6 Å². The van der Waals surface area contributed by atoms with Crippen LogP contribution in [0.2, 0.25) is 0 Å². The number of furan rings is 1. The van der Waals surface area contributed by atoms with Crippen molar-refractivity contribution < 1.29 is 9.15 Å². The van der Waals surface area contributed by atoms with E-state index in [9.17, 15) is 0 Å². The quantitative estimate of drug-likeness (QED) is 0.630. The van der Waals surface area contributed by atoms with E-state index in [2.05, 4.69) is 0 Å². The van der Waals surface area contributed by atoms with E-state index in [0.29, 0.717) is 0 Å². The van der Waals surface area contributed by atoms with Crippen molar-refractivity contribution >= 4 is 6.08 Å². The van der Waals surface area contributed by atoms with Gasteiger partial charge >= 0.3 is 0 Å². The third-order valence-electron chi connectivity index (χ3n) is 1.99. The van der Waals surface area contributed by atoms with Gasteiger partial charge in [0, 0.05) is 5.56 Å². The van der Waals surface area contributed by atoms with E-state index in [1.807, 2.05) is 26.8 Å². The molecular formula is C10H14O2. The van der Waals surface area contributed by atoms with Crippen LogP contribution < -0.4 is 0 Å². The standard InChI is InChI=1S/C10H14O2/c1-7-8(2)12-9(3)10(7)5-6-11-4/h5-6H,1-4H3/b6-5-. The summed E-state index contributed by atoms with van der Waals surface area (Å²) in [6, 6.07) is 0. The van der Waals surface area contributed by atoms with Gasteiger partial charge in [0.25, 0.3) is 0 Å². The summed E-state index contributed by atoms with van der Waals surface area (Å²) in [5, 5.41) is 0. The molecule has 0 aromatic carbocycles. The summed E-state index contributed by atoms with van der Waals surface area (Å²) in [7, 11) is 1.63. The Balaban J connectivity index is 3.05. The normalized spacial score (nSPS) is 11.0. The van der Waals surface area contributed by atoms with Gasteiger partial charge in [0.2, 0.25) is 0 Å². The maximum atomic E-state index is 5.44. The first-order valence-electron chi connectivity index (χ1n) is 3.92. The van der Waals surface area contributed by atoms with Crippen molar-refractivity contribution in [2.24, 2.45) is 0 Å². The van der Waals surface area contributed by atoms with E-state index >= 15 is 0 Å². The molecule has 1 aromatic heterocycles. The molecule has 0 amide bonds. The fraction of sp³-hybridized carbons (Fsp3) is 0.400. The molecule has 0 aliphatic rings. The number of methoxy groups -OCH3 is 1. The summed E-state index contributed by atoms with van der Waals surface area (Å²) in [6.07, 6.45) is 3.57. The average molecular weight is 166 g/mol. The molecule has 0 saturated carbocycles. The maximum Gasteiger partial charge on any atom is 0.108 e. The highest BCUT2D eigenvalue weighted by molar-refractivity contribution is 5.55. The summed E-state index contributed by atoms with van der Waals surface area (Å²) < 4.78 is 10.3. The van der Waals surface area contributed by atoms with Crippen molar-refractivity contribution in [2.75, 3.05) is 7.11 Å². The summed E-state index contributed by atoms with van der Waals surface area (Å²) in [5.41, 5.74) is 2.30. The van der Waals surface area contributed by atoms with E-state index in [0.717, 1.165) is 17.1 Å². The zero-order chi connectivity index (χ0) is 9.14. The largest absolute Gasteiger partial charge is 0.504 e. The van der Waals surface area contributed by atoms with E-state index < -0.39 is 0 Å². The van der Waals surface area contributed by atoms with Crippen LogP contribution >= 0.6 is 0 Å². The third-order valence-corrected chi connectivity index (χ3v) is 1.99. The number of aryl methyl sites for hydroxylation is 2. The van der Waals surface area contributed by atoms with E-state index in [4.69, 9.17) is 9.15 Å². The van der Waals surface area contributed by atoms with Gasteiger partial charge in [-0.2, -0.15) is 0 Å². The first kappa shape index (κ1) is 8.91. The summed E-state index contributed by atoms with van der Waals surface area (Å²) in [6.45, 7) is 5.96. The van der Waals surface area contributed by atoms with Gasteiger partial charge in [0.05, 0.1) is 13.4 Å². The molecule has 0 spiro atoms. The topological polar surface area (TPSA) is 22.4 Å². The minimum Gasteiger partial charge on any atom is -0.504 e. The van der Waals surface area contributed by atoms with Crippen LogP contribution in [-0.2, 0) is 4.74 Å². The highest BCUT2D eigenvalue weighted by atomic mass is 16.5. The van der Waals surface area contributed by atoms with Crippen molar-refractivity contribution in [2.45, 2.75) is 20.8 Å². The molecule has 2 nitrogen and oxygen atoms in total. The summed E-state index contributed by atoms with van der Waals surface area (Å²) in [4.78, 5) is 0. The lowest BCUT2D eigenvalue weighted by Crippen LogP contribution is -1.77. The molecule has 0 N–H and O–H groups in total. The SMILES string of the molecule is CO/C=C\c1c(C)oc(C)c1C. The molecule has 2 heteroatoms. The van der Waals surface area contributed by atoms with Crippen LogP contribution in [0.5, 0.6) is 0 Å². The Morgan fingerprint density at radius 1 is 1.17 bits per heavy atom. The monoisotopic (exact) mass is 166 g/mol. The highest BCUT2D eigenvalue weighted by Gasteiger charge is 2.07. The van der Waals surface area contributed by atoms with Gasteiger partial charge in [-0.25, -0.2) is 0 Å². The van der Waals surface area contributed by atoms with Gasteiger partial charge in [0.1, 0.15) is 11.5 Å². The molecular weight excluding hydrogens is 152 g/mol. The molecule has 0 unspecified atom stereocenters. The second-order valence-corrected chi connectivity index (χ2v) is 2.79. The van der Waals surface area contributed by atoms with Gasteiger partial charge in [-0.05, 0) is 32.4 Å². The zero-order valence-corrected chi connectivity index (χ0v) is 7.97. The van der Waals surface area contributed by atoms with E-state index in [1.165, 1.54) is 5.56 Å². The van der Waals surface area contributed by atoms with Gasteiger partial charge < -0.3 is 9.15 Å². The fourth-order valence-corrected chi connectivity index (χ4v) is 1.19. The molecule has 1 heterocycles. The Morgan fingerprint density at radius 2 is 1.83 bits per heavy atom. The van der Waals surface area contributed by atoms with Gasteiger partial charge in [0.15, 0.2) is 0 Å². The van der Waals surface area contributed by atoms with Crippen LogP contribution in [0.15, 0.2) is 10.7 Å². The predicted molar refractivity (Wildman–Crippen MR) is 49.0 cm³/mol. The van der Waals surface area contributed by atoms with Crippen LogP contribution in [0, 0.1) is 20.8 Å². The Bertz CT molecular complexity index is 295. The molecule has 12 heavy (non-hydrogen) atoms. The highest BCUT2D eigenvalue weighted by Crippen LogP contribution is 2.21. The minimum atomic E-state index is 0.943. The van der Waals surface area contributed by atoms with Gasteiger partial charge in [-0.15, -0.1) is 0 Å². The summed E-state index contributed by atoms with van der Waals surface area (Å²) >= 11 is 0. The first-order chi connectivity index (χ1) is 5.66. The maximum absolute atomic E-state index is 5.44. The van der Waals surface area contributed by atoms with Crippen LogP contribution in [0.25, 0.3) is 6.08 Å². The van der Waals surface area contributed by atoms with Crippen molar-refractivity contribution in [3.63, 3.8) is 0 Å². The lowest BCUT2D eigenvalue weighted by atomic mass is 10.1. The second-order valence-electron chi connectivity index (χ2n) is 2.79. The lowest BCUT2D eigenvalue weighted by molar-refractivity contribution is 0.341. The van der Waals surface area contributed by atoms with Crippen molar-refractivity contribution in [3.8, 4) is 0 Å². The van der Waals surface area contributed by atoms with E-state index in [1.54, 1.807) is 13.4 Å². The van der Waals surface area contributed by atoms with E-state index in [-0.39, 0.29) is 0 Å². The van der Waals surface area contributed by atoms with Crippen molar-refractivity contribution in [1.82, 2.24) is 0 Å². The Morgan fingerprint density at radius 3 is 2.25 bits per heavy atom. The zero-order valence-electron chi connectivity index (χ0n) is 7.97. The molecule has 0 fully saturated rings. The summed E-state index contributed by atoms with van der Waals surface area (Å²) in [5.74, 6) is 1.92. The second kappa shape index (κ2) is 3.48. The minimum absolute atomic E-state index is 0.943. The molecule has 1 aromatic rings. The molecule has 0 atom stereocenters. The molecule has 0 aliphatic carbocycles. The van der Waals surface area contributed by atoms with Crippen molar-refractivity contribution in [3.05, 3.63) is 28.9 Å². The Labute approximate surface area is 72.8 Å². The van der Waals surface area contributed by atoms with Gasteiger partial charge in [-0.3, -0.25) is 0 Å². The van der Waals surface area contributed by atoms with Crippen LogP contribution in [-0.4, -0.2) is 7.11 Å². The number of hydrogen-bond acceptors (Lipinski definition) is 2. The number of hydrogen-bond donors (Lipinski definition) is 0. The molecule has 1 rings (SSSR count). The Hall–Kier alpha value is -1.18. The number of rotatable bonds is 2. The van der Waals surface area contributed by atoms with Crippen LogP contribution in [0.3, 0.4) is 0 Å². The lowest BCUT2D eigenvalue weighted by Gasteiger charge is -1.91. The van der Waals surface area contributed by atoms with Gasteiger partial charge in [-0.1, -0.05) is 0 Å². The third kappa shape index (κ3) is 1.52. The first-order valence-corrected chi connectivity index (χ1v) is 3.92. The fourth-order valence-electron chi connectivity index (χ4n) is 1.19. The Kier molecular flexibility index (Phi) is 2.58. The van der Waals surface area contributed by atoms with Crippen molar-refractivity contribution in [1.29, 1.82) is 0 Å². The van der Waals surface area contributed by atoms with Crippen LogP contribution in [0.4, 0.5) is 0 Å². The molecule has 0 bridgehead atoms. The predicted octanol–water partition coefficient (Wildman–Crippen LogP) is 2.82. The molecule has 66 valence electrons.